The van der Waals surface area contributed by atoms with E-state index in [4.69, 9.17) is 4.74 Å². The predicted molar refractivity (Wildman–Crippen MR) is 95.7 cm³/mol. The van der Waals surface area contributed by atoms with Gasteiger partial charge in [-0.05, 0) is 37.9 Å². The second kappa shape index (κ2) is 8.13. The number of ether oxygens (including phenoxy) is 1. The van der Waals surface area contributed by atoms with Crippen molar-refractivity contribution >= 4 is 11.4 Å². The number of nitrogens with one attached hydrogen (secondary N) is 1. The average Bonchev–Trinajstić information content (AvgIpc) is 2.62. The summed E-state index contributed by atoms with van der Waals surface area (Å²) in [4.78, 5) is 12.4. The van der Waals surface area contributed by atoms with E-state index < -0.39 is 4.92 Å². The van der Waals surface area contributed by atoms with Crippen LogP contribution in [0.4, 0.5) is 11.4 Å². The van der Waals surface area contributed by atoms with Gasteiger partial charge in [-0.25, -0.2) is 0 Å². The summed E-state index contributed by atoms with van der Waals surface area (Å²) in [5.41, 5.74) is 1.83. The quantitative estimate of drug-likeness (QED) is 0.615. The van der Waals surface area contributed by atoms with Crippen LogP contribution in [0.5, 0.6) is 5.75 Å². The van der Waals surface area contributed by atoms with E-state index in [1.807, 2.05) is 44.4 Å². The van der Waals surface area contributed by atoms with Gasteiger partial charge in [-0.15, -0.1) is 0 Å². The highest BCUT2D eigenvalue weighted by Gasteiger charge is 2.16. The van der Waals surface area contributed by atoms with Crippen molar-refractivity contribution in [1.82, 2.24) is 4.90 Å². The molecule has 0 fully saturated rings. The normalized spacial score (nSPS) is 11.6. The van der Waals surface area contributed by atoms with Gasteiger partial charge in [0.05, 0.1) is 29.3 Å². The van der Waals surface area contributed by atoms with Gasteiger partial charge in [-0.2, -0.15) is 5.26 Å². The predicted octanol–water partition coefficient (Wildman–Crippen LogP) is 3.19. The molecular weight excluding hydrogens is 320 g/mol. The fourth-order valence-electron chi connectivity index (χ4n) is 2.52. The Kier molecular flexibility index (Phi) is 5.93. The summed E-state index contributed by atoms with van der Waals surface area (Å²) < 4.78 is 5.18. The van der Waals surface area contributed by atoms with Gasteiger partial charge in [-0.1, -0.05) is 12.1 Å². The van der Waals surface area contributed by atoms with Crippen molar-refractivity contribution in [2.45, 2.75) is 6.04 Å². The van der Waals surface area contributed by atoms with Gasteiger partial charge in [0.25, 0.3) is 5.69 Å². The van der Waals surface area contributed by atoms with Gasteiger partial charge >= 0.3 is 0 Å². The average molecular weight is 340 g/mol. The molecule has 2 aromatic rings. The Morgan fingerprint density at radius 1 is 1.28 bits per heavy atom. The minimum Gasteiger partial charge on any atom is -0.497 e. The molecule has 0 aliphatic heterocycles. The van der Waals surface area contributed by atoms with Crippen LogP contribution in [0.2, 0.25) is 0 Å². The summed E-state index contributed by atoms with van der Waals surface area (Å²) in [5.74, 6) is 0.788. The van der Waals surface area contributed by atoms with Crippen LogP contribution >= 0.6 is 0 Å². The molecule has 0 saturated carbocycles. The first-order valence-corrected chi connectivity index (χ1v) is 7.69. The molecule has 25 heavy (non-hydrogen) atoms. The summed E-state index contributed by atoms with van der Waals surface area (Å²) in [6, 6.07) is 14.1. The molecule has 0 heterocycles. The zero-order chi connectivity index (χ0) is 18.4. The van der Waals surface area contributed by atoms with Gasteiger partial charge in [0.1, 0.15) is 11.8 Å². The summed E-state index contributed by atoms with van der Waals surface area (Å²) in [6.07, 6.45) is 0. The van der Waals surface area contributed by atoms with Crippen molar-refractivity contribution in [2.75, 3.05) is 33.1 Å². The van der Waals surface area contributed by atoms with Crippen molar-refractivity contribution in [1.29, 1.82) is 5.26 Å². The Morgan fingerprint density at radius 2 is 1.96 bits per heavy atom. The molecule has 130 valence electrons. The number of nitro benzene ring substituents is 1. The van der Waals surface area contributed by atoms with Crippen LogP contribution in [0.1, 0.15) is 17.2 Å². The van der Waals surface area contributed by atoms with Crippen LogP contribution in [0, 0.1) is 21.4 Å². The largest absolute Gasteiger partial charge is 0.497 e. The third-order valence-corrected chi connectivity index (χ3v) is 3.94. The number of anilines is 1. The number of hydrogen-bond acceptors (Lipinski definition) is 6. The molecule has 1 N–H and O–H groups in total. The molecule has 7 heteroatoms. The maximum atomic E-state index is 10.8. The number of likely N-dealkylation sites (N-methyl/N-ethyl adjacent to an activating group) is 1. The second-order valence-corrected chi connectivity index (χ2v) is 5.73. The first-order chi connectivity index (χ1) is 12.0. The lowest BCUT2D eigenvalue weighted by molar-refractivity contribution is -0.384. The molecule has 7 nitrogen and oxygen atoms in total. The lowest BCUT2D eigenvalue weighted by Crippen LogP contribution is -2.27. The van der Waals surface area contributed by atoms with Crippen molar-refractivity contribution in [3.8, 4) is 11.8 Å². The zero-order valence-electron chi connectivity index (χ0n) is 14.4. The molecule has 0 aromatic heterocycles. The van der Waals surface area contributed by atoms with Crippen molar-refractivity contribution < 1.29 is 9.66 Å². The van der Waals surface area contributed by atoms with Gasteiger partial charge in [0, 0.05) is 18.7 Å². The molecule has 0 radical (unpaired) electrons. The zero-order valence-corrected chi connectivity index (χ0v) is 14.4. The molecule has 0 unspecified atom stereocenters. The number of nitro groups is 1. The van der Waals surface area contributed by atoms with Gasteiger partial charge in [-0.3, -0.25) is 10.1 Å². The van der Waals surface area contributed by atoms with Crippen LogP contribution in [-0.4, -0.2) is 37.6 Å². The molecule has 1 atom stereocenters. The first kappa shape index (κ1) is 18.2. The Hall–Kier alpha value is -3.11. The fraction of sp³-hybridized carbons (Fsp3) is 0.278. The molecule has 0 bridgehead atoms. The summed E-state index contributed by atoms with van der Waals surface area (Å²) in [5, 5.41) is 23.3. The Labute approximate surface area is 146 Å². The lowest BCUT2D eigenvalue weighted by atomic mass is 10.1. The smallest absolute Gasteiger partial charge is 0.270 e. The molecule has 2 aromatic carbocycles. The summed E-state index contributed by atoms with van der Waals surface area (Å²) in [7, 11) is 5.56. The number of hydrogen-bond donors (Lipinski definition) is 1. The Bertz CT molecular complexity index is 782. The highest BCUT2D eigenvalue weighted by atomic mass is 16.6. The van der Waals surface area contributed by atoms with E-state index in [2.05, 4.69) is 10.2 Å². The number of nitriles is 1. The lowest BCUT2D eigenvalue weighted by Gasteiger charge is -2.26. The minimum atomic E-state index is -0.509. The minimum absolute atomic E-state index is 0.0626. The third kappa shape index (κ3) is 4.46. The van der Waals surface area contributed by atoms with Crippen molar-refractivity contribution in [3.05, 3.63) is 63.7 Å². The molecule has 0 aliphatic carbocycles. The van der Waals surface area contributed by atoms with E-state index in [0.717, 1.165) is 11.3 Å². The van der Waals surface area contributed by atoms with Crippen LogP contribution in [0.3, 0.4) is 0 Å². The second-order valence-electron chi connectivity index (χ2n) is 5.73. The van der Waals surface area contributed by atoms with Crippen molar-refractivity contribution in [2.24, 2.45) is 0 Å². The standard InChI is InChI=1S/C18H20N4O3/c1-21(2)18(13-4-7-16(25-3)8-5-13)12-20-17-9-6-15(22(23)24)10-14(17)11-19/h4-10,18,20H,12H2,1-3H3/t18-/m1/s1. The number of rotatable bonds is 7. The topological polar surface area (TPSA) is 91.4 Å². The highest BCUT2D eigenvalue weighted by Crippen LogP contribution is 2.25. The Morgan fingerprint density at radius 3 is 2.48 bits per heavy atom. The summed E-state index contributed by atoms with van der Waals surface area (Å²) in [6.45, 7) is 0.547. The van der Waals surface area contributed by atoms with Gasteiger partial charge < -0.3 is 15.0 Å². The van der Waals surface area contributed by atoms with Gasteiger partial charge in [0.15, 0.2) is 0 Å². The Balaban J connectivity index is 2.18. The van der Waals surface area contributed by atoms with Crippen LogP contribution in [0.25, 0.3) is 0 Å². The first-order valence-electron chi connectivity index (χ1n) is 7.69. The van der Waals surface area contributed by atoms with E-state index in [9.17, 15) is 15.4 Å². The monoisotopic (exact) mass is 340 g/mol. The maximum absolute atomic E-state index is 10.8. The van der Waals surface area contributed by atoms with E-state index in [1.165, 1.54) is 12.1 Å². The summed E-state index contributed by atoms with van der Waals surface area (Å²) >= 11 is 0. The van der Waals surface area contributed by atoms with Crippen LogP contribution < -0.4 is 10.1 Å². The van der Waals surface area contributed by atoms with Crippen molar-refractivity contribution in [3.63, 3.8) is 0 Å². The molecule has 0 spiro atoms. The molecule has 2 rings (SSSR count). The fourth-order valence-corrected chi connectivity index (χ4v) is 2.52. The van der Waals surface area contributed by atoms with E-state index in [0.29, 0.717) is 12.2 Å². The number of methoxy groups -OCH3 is 1. The van der Waals surface area contributed by atoms with Crippen LogP contribution in [0.15, 0.2) is 42.5 Å². The molecule has 0 aliphatic rings. The maximum Gasteiger partial charge on any atom is 0.270 e. The van der Waals surface area contributed by atoms with Crippen LogP contribution in [-0.2, 0) is 0 Å². The third-order valence-electron chi connectivity index (χ3n) is 3.94. The molecule has 0 amide bonds. The van der Waals surface area contributed by atoms with E-state index in [1.54, 1.807) is 13.2 Å². The number of non-ortho nitro benzene ring substituents is 1. The van der Waals surface area contributed by atoms with Gasteiger partial charge in [0.2, 0.25) is 0 Å². The van der Waals surface area contributed by atoms with E-state index >= 15 is 0 Å². The van der Waals surface area contributed by atoms with E-state index in [-0.39, 0.29) is 17.3 Å². The number of nitrogens with zero attached hydrogens (tertiary/aromatic N) is 3. The SMILES string of the molecule is COc1ccc([C@@H](CNc2ccc([N+](=O)[O-])cc2C#N)N(C)C)cc1. The molecular formula is C18H20N4O3. The molecule has 0 saturated heterocycles. The highest BCUT2D eigenvalue weighted by molar-refractivity contribution is 5.61. The number of benzene rings is 2.